The Labute approximate surface area is 217 Å². The number of aromatic nitrogens is 1. The minimum Gasteiger partial charge on any atom is -0.494 e. The lowest BCUT2D eigenvalue weighted by Gasteiger charge is -2.15. The number of carbonyl (C=O) groups excluding carboxylic acids is 3. The highest BCUT2D eigenvalue weighted by Crippen LogP contribution is 2.29. The number of ether oxygens (including phenoxy) is 1. The maximum atomic E-state index is 13.2. The van der Waals surface area contributed by atoms with Crippen molar-refractivity contribution in [3.63, 3.8) is 0 Å². The lowest BCUT2D eigenvalue weighted by Crippen LogP contribution is -2.36. The number of rotatable bonds is 5. The van der Waals surface area contributed by atoms with Gasteiger partial charge in [-0.05, 0) is 61.4 Å². The van der Waals surface area contributed by atoms with Gasteiger partial charge in [0.25, 0.3) is 5.91 Å². The zero-order chi connectivity index (χ0) is 26.0. The number of methoxy groups -OCH3 is 1. The molecule has 3 N–H and O–H groups in total. The van der Waals surface area contributed by atoms with Gasteiger partial charge in [0.2, 0.25) is 0 Å². The molecular weight excluding hydrogens is 503 g/mol. The van der Waals surface area contributed by atoms with Crippen molar-refractivity contribution in [2.45, 2.75) is 13.8 Å². The predicted octanol–water partition coefficient (Wildman–Crippen LogP) is 5.53. The smallest absolute Gasteiger partial charge is 0.328 e. The monoisotopic (exact) mass is 524 g/mol. The SMILES string of the molecule is COc1cccc2cc(C(=O)Nc3ccc(C)c(Cl)c3)n(NC(=O)C(=O)Nc3cccc(Cl)c3C)c12. The van der Waals surface area contributed by atoms with Crippen molar-refractivity contribution >= 4 is 63.2 Å². The molecule has 36 heavy (non-hydrogen) atoms. The number of para-hydroxylation sites is 1. The number of nitrogens with zero attached hydrogens (tertiary/aromatic N) is 1. The van der Waals surface area contributed by atoms with Crippen LogP contribution >= 0.6 is 23.2 Å². The van der Waals surface area contributed by atoms with Gasteiger partial charge in [-0.15, -0.1) is 0 Å². The quantitative estimate of drug-likeness (QED) is 0.298. The summed E-state index contributed by atoms with van der Waals surface area (Å²) in [6.07, 6.45) is 0. The molecular formula is C26H22Cl2N4O4. The van der Waals surface area contributed by atoms with Crippen LogP contribution in [0, 0.1) is 13.8 Å². The number of benzene rings is 3. The number of aryl methyl sites for hydroxylation is 1. The Morgan fingerprint density at radius 3 is 2.33 bits per heavy atom. The average Bonchev–Trinajstić information content (AvgIpc) is 3.23. The summed E-state index contributed by atoms with van der Waals surface area (Å²) in [6, 6.07) is 16.9. The maximum absolute atomic E-state index is 13.2. The summed E-state index contributed by atoms with van der Waals surface area (Å²) in [7, 11) is 1.47. The van der Waals surface area contributed by atoms with Crippen molar-refractivity contribution in [1.29, 1.82) is 0 Å². The van der Waals surface area contributed by atoms with Crippen LogP contribution in [0.5, 0.6) is 5.75 Å². The second kappa shape index (κ2) is 10.3. The third-order valence-electron chi connectivity index (χ3n) is 5.60. The van der Waals surface area contributed by atoms with Crippen LogP contribution in [0.3, 0.4) is 0 Å². The molecule has 1 heterocycles. The van der Waals surface area contributed by atoms with Gasteiger partial charge in [-0.25, -0.2) is 4.68 Å². The van der Waals surface area contributed by atoms with Crippen LogP contribution in [-0.4, -0.2) is 29.5 Å². The van der Waals surface area contributed by atoms with Gasteiger partial charge in [0, 0.05) is 26.8 Å². The van der Waals surface area contributed by atoms with E-state index in [0.29, 0.717) is 43.6 Å². The van der Waals surface area contributed by atoms with Crippen molar-refractivity contribution in [3.8, 4) is 5.75 Å². The first-order chi connectivity index (χ1) is 17.2. The fourth-order valence-electron chi connectivity index (χ4n) is 3.62. The molecule has 10 heteroatoms. The molecule has 0 aliphatic heterocycles. The van der Waals surface area contributed by atoms with E-state index in [0.717, 1.165) is 5.56 Å². The van der Waals surface area contributed by atoms with Gasteiger partial charge >= 0.3 is 11.8 Å². The van der Waals surface area contributed by atoms with Crippen molar-refractivity contribution < 1.29 is 19.1 Å². The highest BCUT2D eigenvalue weighted by molar-refractivity contribution is 6.43. The molecule has 0 spiro atoms. The van der Waals surface area contributed by atoms with E-state index >= 15 is 0 Å². The molecule has 1 aromatic heterocycles. The molecule has 0 radical (unpaired) electrons. The van der Waals surface area contributed by atoms with Crippen molar-refractivity contribution in [2.24, 2.45) is 0 Å². The second-order valence-corrected chi connectivity index (χ2v) is 8.80. The fraction of sp³-hybridized carbons (Fsp3) is 0.115. The summed E-state index contributed by atoms with van der Waals surface area (Å²) < 4.78 is 6.67. The molecule has 8 nitrogen and oxygen atoms in total. The Bertz CT molecular complexity index is 1510. The highest BCUT2D eigenvalue weighted by atomic mass is 35.5. The van der Waals surface area contributed by atoms with Crippen LogP contribution in [-0.2, 0) is 9.59 Å². The summed E-state index contributed by atoms with van der Waals surface area (Å²) in [6.45, 7) is 3.57. The second-order valence-electron chi connectivity index (χ2n) is 7.99. The molecule has 0 bridgehead atoms. The van der Waals surface area contributed by atoms with E-state index in [1.54, 1.807) is 67.6 Å². The number of carbonyl (C=O) groups is 3. The molecule has 0 saturated heterocycles. The summed E-state index contributed by atoms with van der Waals surface area (Å²) in [4.78, 5) is 38.9. The van der Waals surface area contributed by atoms with Crippen molar-refractivity contribution in [3.05, 3.63) is 87.5 Å². The van der Waals surface area contributed by atoms with E-state index in [9.17, 15) is 14.4 Å². The predicted molar refractivity (Wildman–Crippen MR) is 142 cm³/mol. The Kier molecular flexibility index (Phi) is 7.19. The molecule has 0 aliphatic carbocycles. The number of amides is 3. The van der Waals surface area contributed by atoms with Gasteiger partial charge in [0.1, 0.15) is 17.0 Å². The van der Waals surface area contributed by atoms with E-state index in [4.69, 9.17) is 27.9 Å². The van der Waals surface area contributed by atoms with Gasteiger partial charge in [-0.2, -0.15) is 0 Å². The first-order valence-corrected chi connectivity index (χ1v) is 11.6. The first kappa shape index (κ1) is 25.1. The van der Waals surface area contributed by atoms with Crippen LogP contribution in [0.25, 0.3) is 10.9 Å². The Balaban J connectivity index is 1.68. The van der Waals surface area contributed by atoms with Gasteiger partial charge in [-0.3, -0.25) is 19.8 Å². The average molecular weight is 525 g/mol. The lowest BCUT2D eigenvalue weighted by atomic mass is 10.2. The molecule has 4 aromatic rings. The first-order valence-electron chi connectivity index (χ1n) is 10.8. The molecule has 0 saturated carbocycles. The topological polar surface area (TPSA) is 101 Å². The summed E-state index contributed by atoms with van der Waals surface area (Å²) >= 11 is 12.3. The van der Waals surface area contributed by atoms with E-state index in [1.165, 1.54) is 11.8 Å². The number of anilines is 2. The molecule has 0 fully saturated rings. The van der Waals surface area contributed by atoms with Gasteiger partial charge in [0.05, 0.1) is 7.11 Å². The Hall–Kier alpha value is -4.01. The summed E-state index contributed by atoms with van der Waals surface area (Å²) in [5.74, 6) is -2.06. The van der Waals surface area contributed by atoms with Gasteiger partial charge in [0.15, 0.2) is 0 Å². The van der Waals surface area contributed by atoms with E-state index in [-0.39, 0.29) is 5.69 Å². The largest absolute Gasteiger partial charge is 0.494 e. The van der Waals surface area contributed by atoms with E-state index < -0.39 is 17.7 Å². The summed E-state index contributed by atoms with van der Waals surface area (Å²) in [5.41, 5.74) is 5.35. The molecule has 4 rings (SSSR count). The van der Waals surface area contributed by atoms with Crippen LogP contribution in [0.1, 0.15) is 21.6 Å². The standard InChI is InChI=1S/C26H22Cl2N4O4/c1-14-10-11-17(13-19(14)28)29-24(33)21-12-16-6-4-9-22(36-3)23(16)32(21)31-26(35)25(34)30-20-8-5-7-18(27)15(20)2/h4-13H,1-3H3,(H,29,33)(H,30,34)(H,31,35). The van der Waals surface area contributed by atoms with Crippen LogP contribution in [0.4, 0.5) is 11.4 Å². The number of fused-ring (bicyclic) bond motifs is 1. The zero-order valence-electron chi connectivity index (χ0n) is 19.6. The Morgan fingerprint density at radius 1 is 0.861 bits per heavy atom. The number of nitrogens with one attached hydrogen (secondary N) is 3. The number of hydrogen-bond acceptors (Lipinski definition) is 4. The Morgan fingerprint density at radius 2 is 1.61 bits per heavy atom. The van der Waals surface area contributed by atoms with Crippen LogP contribution in [0.15, 0.2) is 60.7 Å². The molecule has 0 unspecified atom stereocenters. The van der Waals surface area contributed by atoms with E-state index in [2.05, 4.69) is 16.1 Å². The molecule has 0 aliphatic rings. The van der Waals surface area contributed by atoms with Gasteiger partial charge in [-0.1, -0.05) is 47.5 Å². The zero-order valence-corrected chi connectivity index (χ0v) is 21.1. The summed E-state index contributed by atoms with van der Waals surface area (Å²) in [5, 5.41) is 6.88. The maximum Gasteiger partial charge on any atom is 0.328 e. The molecule has 184 valence electrons. The third kappa shape index (κ3) is 5.00. The normalized spacial score (nSPS) is 10.7. The molecule has 0 atom stereocenters. The number of hydrogen-bond donors (Lipinski definition) is 3. The van der Waals surface area contributed by atoms with Crippen LogP contribution in [0.2, 0.25) is 10.0 Å². The van der Waals surface area contributed by atoms with Gasteiger partial charge < -0.3 is 15.4 Å². The highest BCUT2D eigenvalue weighted by Gasteiger charge is 2.23. The fourth-order valence-corrected chi connectivity index (χ4v) is 3.97. The molecule has 3 amide bonds. The van der Waals surface area contributed by atoms with Crippen molar-refractivity contribution in [2.75, 3.05) is 23.2 Å². The third-order valence-corrected chi connectivity index (χ3v) is 6.42. The minimum atomic E-state index is -0.995. The van der Waals surface area contributed by atoms with E-state index in [1.807, 2.05) is 6.92 Å². The van der Waals surface area contributed by atoms with Crippen molar-refractivity contribution in [1.82, 2.24) is 4.68 Å². The number of halogens is 2. The minimum absolute atomic E-state index is 0.0753. The molecule has 3 aromatic carbocycles. The van der Waals surface area contributed by atoms with Crippen LogP contribution < -0.4 is 20.8 Å². The lowest BCUT2D eigenvalue weighted by molar-refractivity contribution is -0.133.